The lowest BCUT2D eigenvalue weighted by Gasteiger charge is -2.40. The van der Waals surface area contributed by atoms with E-state index >= 15 is 0 Å². The van der Waals surface area contributed by atoms with Gasteiger partial charge in [-0.3, -0.25) is 9.69 Å². The second kappa shape index (κ2) is 11.4. The van der Waals surface area contributed by atoms with Gasteiger partial charge in [0.15, 0.2) is 0 Å². The minimum Gasteiger partial charge on any atom is -0.336 e. The average Bonchev–Trinajstić information content (AvgIpc) is 2.98. The maximum Gasteiger partial charge on any atom is 0.254 e. The van der Waals surface area contributed by atoms with Crippen LogP contribution in [-0.2, 0) is 0 Å². The maximum atomic E-state index is 14.2. The highest BCUT2D eigenvalue weighted by atomic mass is 35.5. The molecule has 0 bridgehead atoms. The molecule has 2 heterocycles. The molecule has 6 heteroatoms. The van der Waals surface area contributed by atoms with Gasteiger partial charge in [0, 0.05) is 42.2 Å². The van der Waals surface area contributed by atoms with Crippen LogP contribution >= 0.6 is 23.2 Å². The van der Waals surface area contributed by atoms with E-state index in [1.54, 1.807) is 12.1 Å². The van der Waals surface area contributed by atoms with Crippen molar-refractivity contribution in [3.63, 3.8) is 0 Å². The van der Waals surface area contributed by atoms with Crippen LogP contribution in [0.2, 0.25) is 10.0 Å². The Morgan fingerprint density at radius 3 is 2.00 bits per heavy atom. The minimum atomic E-state index is 0.0260. The van der Waals surface area contributed by atoms with Crippen LogP contribution in [0.5, 0.6) is 0 Å². The molecule has 0 radical (unpaired) electrons. The summed E-state index contributed by atoms with van der Waals surface area (Å²) in [6.45, 7) is 4.80. The molecule has 1 fully saturated rings. The first kappa shape index (κ1) is 26.5. The zero-order valence-corrected chi connectivity index (χ0v) is 23.7. The number of carbonyl (C=O) groups is 1. The lowest BCUT2D eigenvalue weighted by molar-refractivity contribution is 0.0598. The molecule has 1 aromatic heterocycles. The second-order valence-corrected chi connectivity index (χ2v) is 11.0. The first-order chi connectivity index (χ1) is 19.5. The molecule has 0 aliphatic carbocycles. The largest absolute Gasteiger partial charge is 0.336 e. The number of hydrogen-bond donors (Lipinski definition) is 0. The van der Waals surface area contributed by atoms with Crippen molar-refractivity contribution in [1.82, 2.24) is 14.8 Å². The van der Waals surface area contributed by atoms with E-state index in [0.29, 0.717) is 34.4 Å². The number of rotatable bonds is 5. The van der Waals surface area contributed by atoms with Gasteiger partial charge in [-0.25, -0.2) is 4.98 Å². The number of pyridine rings is 1. The number of benzene rings is 4. The molecule has 6 rings (SSSR count). The van der Waals surface area contributed by atoms with Crippen molar-refractivity contribution in [2.45, 2.75) is 13.0 Å². The Kier molecular flexibility index (Phi) is 7.57. The molecule has 0 unspecified atom stereocenters. The number of hydrogen-bond acceptors (Lipinski definition) is 3. The van der Waals surface area contributed by atoms with Crippen molar-refractivity contribution in [2.24, 2.45) is 0 Å². The summed E-state index contributed by atoms with van der Waals surface area (Å²) in [6, 6.07) is 34.6. The van der Waals surface area contributed by atoms with Gasteiger partial charge in [0.05, 0.1) is 27.8 Å². The first-order valence-electron chi connectivity index (χ1n) is 13.5. The topological polar surface area (TPSA) is 36.4 Å². The Balaban J connectivity index is 1.32. The zero-order valence-electron chi connectivity index (χ0n) is 22.2. The van der Waals surface area contributed by atoms with Crippen molar-refractivity contribution in [1.29, 1.82) is 0 Å². The molecule has 0 atom stereocenters. The number of halogens is 2. The summed E-state index contributed by atoms with van der Waals surface area (Å²) < 4.78 is 0. The number of amides is 1. The molecular formula is C34H29Cl2N3O. The van der Waals surface area contributed by atoms with Crippen molar-refractivity contribution < 1.29 is 4.79 Å². The Morgan fingerprint density at radius 2 is 1.38 bits per heavy atom. The fraction of sp³-hybridized carbons (Fsp3) is 0.176. The van der Waals surface area contributed by atoms with Crippen LogP contribution in [0.25, 0.3) is 22.2 Å². The fourth-order valence-electron chi connectivity index (χ4n) is 5.75. The maximum absolute atomic E-state index is 14.2. The van der Waals surface area contributed by atoms with Gasteiger partial charge in [-0.2, -0.15) is 0 Å². The number of aromatic nitrogens is 1. The summed E-state index contributed by atoms with van der Waals surface area (Å²) in [6.07, 6.45) is 0. The normalized spacial score (nSPS) is 14.2. The lowest BCUT2D eigenvalue weighted by atomic mass is 9.95. The third-order valence-corrected chi connectivity index (χ3v) is 8.28. The second-order valence-electron chi connectivity index (χ2n) is 10.2. The minimum absolute atomic E-state index is 0.0260. The summed E-state index contributed by atoms with van der Waals surface area (Å²) in [7, 11) is 0. The summed E-state index contributed by atoms with van der Waals surface area (Å²) in [5.74, 6) is 0.0260. The van der Waals surface area contributed by atoms with Gasteiger partial charge >= 0.3 is 0 Å². The van der Waals surface area contributed by atoms with Gasteiger partial charge in [-0.1, -0.05) is 102 Å². The smallest absolute Gasteiger partial charge is 0.254 e. The highest BCUT2D eigenvalue weighted by Gasteiger charge is 2.30. The SMILES string of the molecule is Cc1c(-c2ccc(Cl)cc2Cl)nc2ccccc2c1C(=O)N1CCN(C(c2ccccc2)c2ccccc2)CC1. The van der Waals surface area contributed by atoms with Crippen LogP contribution in [0.3, 0.4) is 0 Å². The van der Waals surface area contributed by atoms with E-state index in [-0.39, 0.29) is 11.9 Å². The van der Waals surface area contributed by atoms with Crippen molar-refractivity contribution >= 4 is 40.0 Å². The van der Waals surface area contributed by atoms with E-state index < -0.39 is 0 Å². The van der Waals surface area contributed by atoms with E-state index in [9.17, 15) is 4.79 Å². The highest BCUT2D eigenvalue weighted by Crippen LogP contribution is 2.36. The standard InChI is InChI=1S/C34H29Cl2N3O/c1-23-31(28-14-8-9-15-30(28)37-32(23)27-17-16-26(35)22-29(27)36)34(40)39-20-18-38(19-21-39)33(24-10-4-2-5-11-24)25-12-6-3-7-13-25/h2-17,22,33H,18-21H2,1H3. The monoisotopic (exact) mass is 565 g/mol. The van der Waals surface area contributed by atoms with Gasteiger partial charge in [-0.15, -0.1) is 0 Å². The molecule has 0 saturated carbocycles. The van der Waals surface area contributed by atoms with E-state index in [2.05, 4.69) is 65.6 Å². The molecule has 1 aliphatic heterocycles. The molecule has 200 valence electrons. The summed E-state index contributed by atoms with van der Waals surface area (Å²) in [4.78, 5) is 23.6. The van der Waals surface area contributed by atoms with Gasteiger partial charge in [0.2, 0.25) is 0 Å². The predicted molar refractivity (Wildman–Crippen MR) is 164 cm³/mol. The molecule has 1 aliphatic rings. The quantitative estimate of drug-likeness (QED) is 0.216. The number of carbonyl (C=O) groups excluding carboxylic acids is 1. The molecule has 1 amide bonds. The van der Waals surface area contributed by atoms with Crippen LogP contribution in [0.1, 0.15) is 33.1 Å². The number of nitrogens with zero attached hydrogens (tertiary/aromatic N) is 3. The average molecular weight is 567 g/mol. The molecule has 1 saturated heterocycles. The Hall–Kier alpha value is -3.70. The van der Waals surface area contributed by atoms with Crippen LogP contribution in [0, 0.1) is 6.92 Å². The highest BCUT2D eigenvalue weighted by molar-refractivity contribution is 6.36. The first-order valence-corrected chi connectivity index (χ1v) is 14.2. The van der Waals surface area contributed by atoms with Crippen LogP contribution in [0.15, 0.2) is 103 Å². The lowest BCUT2D eigenvalue weighted by Crippen LogP contribution is -2.50. The summed E-state index contributed by atoms with van der Waals surface area (Å²) >= 11 is 12.8. The fourth-order valence-corrected chi connectivity index (χ4v) is 6.25. The van der Waals surface area contributed by atoms with E-state index in [4.69, 9.17) is 28.2 Å². The molecule has 5 aromatic rings. The van der Waals surface area contributed by atoms with Gasteiger partial charge in [0.1, 0.15) is 0 Å². The molecule has 4 nitrogen and oxygen atoms in total. The third-order valence-electron chi connectivity index (χ3n) is 7.73. The molecule has 0 spiro atoms. The zero-order chi connectivity index (χ0) is 27.6. The number of para-hydroxylation sites is 1. The van der Waals surface area contributed by atoms with Crippen molar-refractivity contribution in [2.75, 3.05) is 26.2 Å². The predicted octanol–water partition coefficient (Wildman–Crippen LogP) is 8.06. The molecule has 0 N–H and O–H groups in total. The number of piperazine rings is 1. The molecule has 40 heavy (non-hydrogen) atoms. The van der Waals surface area contributed by atoms with E-state index in [0.717, 1.165) is 35.1 Å². The van der Waals surface area contributed by atoms with Crippen LogP contribution in [-0.4, -0.2) is 46.9 Å². The Labute approximate surface area is 244 Å². The summed E-state index contributed by atoms with van der Waals surface area (Å²) in [5.41, 5.74) is 6.26. The molecule has 4 aromatic carbocycles. The van der Waals surface area contributed by atoms with E-state index in [1.165, 1.54) is 11.1 Å². The van der Waals surface area contributed by atoms with Crippen molar-refractivity contribution in [3.8, 4) is 11.3 Å². The van der Waals surface area contributed by atoms with Gasteiger partial charge in [0.25, 0.3) is 5.91 Å². The third kappa shape index (κ3) is 5.11. The Morgan fingerprint density at radius 1 is 0.775 bits per heavy atom. The van der Waals surface area contributed by atoms with Gasteiger partial charge < -0.3 is 4.90 Å². The van der Waals surface area contributed by atoms with Crippen molar-refractivity contribution in [3.05, 3.63) is 135 Å². The van der Waals surface area contributed by atoms with Crippen LogP contribution < -0.4 is 0 Å². The molecular weight excluding hydrogens is 537 g/mol. The summed E-state index contributed by atoms with van der Waals surface area (Å²) in [5, 5.41) is 1.93. The Bertz CT molecular complexity index is 1630. The van der Waals surface area contributed by atoms with E-state index in [1.807, 2.05) is 42.2 Å². The van der Waals surface area contributed by atoms with Crippen LogP contribution in [0.4, 0.5) is 0 Å². The number of fused-ring (bicyclic) bond motifs is 1. The van der Waals surface area contributed by atoms with Gasteiger partial charge in [-0.05, 0) is 47.9 Å².